The molecule has 31 heavy (non-hydrogen) atoms. The number of methoxy groups -OCH3 is 2. The first-order valence-electron chi connectivity index (χ1n) is 9.44. The third-order valence-corrected chi connectivity index (χ3v) is 4.71. The number of rotatable bonds is 6. The molecule has 0 aliphatic carbocycles. The van der Waals surface area contributed by atoms with Crippen LogP contribution in [0, 0.1) is 6.92 Å². The quantitative estimate of drug-likeness (QED) is 0.340. The van der Waals surface area contributed by atoms with Crippen LogP contribution in [0.1, 0.15) is 37.5 Å². The molecular weight excluding hydrogens is 398 g/mol. The Morgan fingerprint density at radius 1 is 0.935 bits per heavy atom. The van der Waals surface area contributed by atoms with Gasteiger partial charge in [-0.25, -0.2) is 19.4 Å². The van der Waals surface area contributed by atoms with Crippen molar-refractivity contribution in [2.75, 3.05) is 14.2 Å². The van der Waals surface area contributed by atoms with E-state index in [-0.39, 0.29) is 12.2 Å². The van der Waals surface area contributed by atoms with E-state index >= 15 is 0 Å². The third-order valence-electron chi connectivity index (χ3n) is 4.71. The summed E-state index contributed by atoms with van der Waals surface area (Å²) in [6.07, 6.45) is 2.82. The van der Waals surface area contributed by atoms with Gasteiger partial charge in [-0.05, 0) is 42.3 Å². The molecule has 0 bridgehead atoms. The molecule has 0 radical (unpaired) electrons. The Balaban J connectivity index is 1.75. The number of pyridine rings is 1. The molecule has 0 atom stereocenters. The SMILES string of the molecule is COC(=O)c1ccc(/C=C/C(=O)OCc2nc3ccccc3c(C)c2C(=O)OC)cc1. The van der Waals surface area contributed by atoms with Crippen LogP contribution in [0.2, 0.25) is 0 Å². The molecule has 0 aliphatic heterocycles. The lowest BCUT2D eigenvalue weighted by molar-refractivity contribution is -0.139. The Morgan fingerprint density at radius 3 is 2.29 bits per heavy atom. The summed E-state index contributed by atoms with van der Waals surface area (Å²) in [5, 5.41) is 0.827. The zero-order valence-corrected chi connectivity index (χ0v) is 17.4. The zero-order valence-electron chi connectivity index (χ0n) is 17.4. The predicted molar refractivity (Wildman–Crippen MR) is 114 cm³/mol. The maximum Gasteiger partial charge on any atom is 0.340 e. The summed E-state index contributed by atoms with van der Waals surface area (Å²) >= 11 is 0. The third kappa shape index (κ3) is 4.95. The van der Waals surface area contributed by atoms with Gasteiger partial charge < -0.3 is 14.2 Å². The van der Waals surface area contributed by atoms with Crippen LogP contribution >= 0.6 is 0 Å². The van der Waals surface area contributed by atoms with Gasteiger partial charge in [-0.3, -0.25) is 0 Å². The average Bonchev–Trinajstić information content (AvgIpc) is 2.80. The van der Waals surface area contributed by atoms with Gasteiger partial charge in [0.05, 0.1) is 36.6 Å². The topological polar surface area (TPSA) is 91.8 Å². The fraction of sp³-hybridized carbons (Fsp3) is 0.167. The fourth-order valence-corrected chi connectivity index (χ4v) is 3.12. The van der Waals surface area contributed by atoms with Gasteiger partial charge >= 0.3 is 17.9 Å². The Hall–Kier alpha value is -4.00. The van der Waals surface area contributed by atoms with E-state index in [2.05, 4.69) is 9.72 Å². The van der Waals surface area contributed by atoms with Gasteiger partial charge in [0, 0.05) is 11.5 Å². The van der Waals surface area contributed by atoms with Crippen molar-refractivity contribution in [3.63, 3.8) is 0 Å². The van der Waals surface area contributed by atoms with Crippen LogP contribution in [-0.2, 0) is 25.6 Å². The van der Waals surface area contributed by atoms with E-state index in [0.29, 0.717) is 27.9 Å². The van der Waals surface area contributed by atoms with Gasteiger partial charge in [-0.15, -0.1) is 0 Å². The molecule has 0 unspecified atom stereocenters. The molecule has 1 aromatic heterocycles. The standard InChI is InChI=1S/C24H21NO6/c1-15-18-6-4-5-7-19(18)25-20(22(15)24(28)30-3)14-31-21(26)13-10-16-8-11-17(12-9-16)23(27)29-2/h4-13H,14H2,1-3H3/b13-10+. The van der Waals surface area contributed by atoms with E-state index in [0.717, 1.165) is 5.39 Å². The Labute approximate surface area is 179 Å². The largest absolute Gasteiger partial charge is 0.465 e. The molecule has 158 valence electrons. The number of aryl methyl sites for hydroxylation is 1. The second kappa shape index (κ2) is 9.67. The maximum atomic E-state index is 12.3. The van der Waals surface area contributed by atoms with Crippen LogP contribution in [0.4, 0.5) is 0 Å². The number of benzene rings is 2. The number of hydrogen-bond acceptors (Lipinski definition) is 7. The number of hydrogen-bond donors (Lipinski definition) is 0. The van der Waals surface area contributed by atoms with E-state index < -0.39 is 17.9 Å². The minimum atomic E-state index is -0.597. The first-order chi connectivity index (χ1) is 14.9. The molecule has 3 rings (SSSR count). The van der Waals surface area contributed by atoms with Crippen LogP contribution < -0.4 is 0 Å². The molecule has 0 amide bonds. The monoisotopic (exact) mass is 419 g/mol. The van der Waals surface area contributed by atoms with Gasteiger partial charge in [0.15, 0.2) is 0 Å². The molecule has 0 N–H and O–H groups in total. The van der Waals surface area contributed by atoms with Gasteiger partial charge in [0.25, 0.3) is 0 Å². The molecule has 0 saturated heterocycles. The Kier molecular flexibility index (Phi) is 6.77. The Bertz CT molecular complexity index is 1160. The molecule has 7 nitrogen and oxygen atoms in total. The first-order valence-corrected chi connectivity index (χ1v) is 9.44. The zero-order chi connectivity index (χ0) is 22.4. The smallest absolute Gasteiger partial charge is 0.340 e. The van der Waals surface area contributed by atoms with Crippen LogP contribution in [0.15, 0.2) is 54.6 Å². The molecule has 2 aromatic carbocycles. The van der Waals surface area contributed by atoms with Gasteiger partial charge in [0.2, 0.25) is 0 Å². The lowest BCUT2D eigenvalue weighted by Gasteiger charge is -2.13. The second-order valence-corrected chi connectivity index (χ2v) is 6.62. The number of nitrogens with zero attached hydrogens (tertiary/aromatic N) is 1. The molecule has 7 heteroatoms. The molecule has 1 heterocycles. The number of esters is 3. The van der Waals surface area contributed by atoms with E-state index in [4.69, 9.17) is 9.47 Å². The lowest BCUT2D eigenvalue weighted by atomic mass is 10.0. The molecule has 0 saturated carbocycles. The van der Waals surface area contributed by atoms with Crippen molar-refractivity contribution in [3.05, 3.63) is 82.6 Å². The highest BCUT2D eigenvalue weighted by molar-refractivity contribution is 5.98. The molecule has 0 aliphatic rings. The summed E-state index contributed by atoms with van der Waals surface area (Å²) in [5.74, 6) is -1.57. The van der Waals surface area contributed by atoms with Crippen LogP contribution in [0.3, 0.4) is 0 Å². The summed E-state index contributed by atoms with van der Waals surface area (Å²) < 4.78 is 14.8. The summed E-state index contributed by atoms with van der Waals surface area (Å²) in [4.78, 5) is 40.4. The highest BCUT2D eigenvalue weighted by Crippen LogP contribution is 2.24. The lowest BCUT2D eigenvalue weighted by Crippen LogP contribution is -2.13. The van der Waals surface area contributed by atoms with Gasteiger partial charge in [0.1, 0.15) is 6.61 Å². The van der Waals surface area contributed by atoms with Crippen LogP contribution in [-0.4, -0.2) is 37.1 Å². The normalized spacial score (nSPS) is 10.8. The number of carbonyl (C=O) groups excluding carboxylic acids is 3. The van der Waals surface area contributed by atoms with Gasteiger partial charge in [-0.2, -0.15) is 0 Å². The van der Waals surface area contributed by atoms with Crippen molar-refractivity contribution in [2.24, 2.45) is 0 Å². The van der Waals surface area contributed by atoms with Gasteiger partial charge in [-0.1, -0.05) is 30.3 Å². The fourth-order valence-electron chi connectivity index (χ4n) is 3.12. The molecule has 0 spiro atoms. The van der Waals surface area contributed by atoms with Crippen LogP contribution in [0.25, 0.3) is 17.0 Å². The molecular formula is C24H21NO6. The minimum absolute atomic E-state index is 0.180. The van der Waals surface area contributed by atoms with E-state index in [1.165, 1.54) is 20.3 Å². The molecule has 3 aromatic rings. The number of ether oxygens (including phenoxy) is 3. The summed E-state index contributed by atoms with van der Waals surface area (Å²) in [6.45, 7) is 1.63. The Morgan fingerprint density at radius 2 is 1.61 bits per heavy atom. The second-order valence-electron chi connectivity index (χ2n) is 6.62. The van der Waals surface area contributed by atoms with Crippen LogP contribution in [0.5, 0.6) is 0 Å². The number of aromatic nitrogens is 1. The number of fused-ring (bicyclic) bond motifs is 1. The highest BCUT2D eigenvalue weighted by Gasteiger charge is 2.20. The minimum Gasteiger partial charge on any atom is -0.465 e. The van der Waals surface area contributed by atoms with Crippen molar-refractivity contribution in [2.45, 2.75) is 13.5 Å². The van der Waals surface area contributed by atoms with E-state index in [1.54, 1.807) is 37.3 Å². The van der Waals surface area contributed by atoms with Crippen molar-refractivity contribution >= 4 is 34.9 Å². The molecule has 0 fully saturated rings. The summed E-state index contributed by atoms with van der Waals surface area (Å²) in [6, 6.07) is 14.0. The summed E-state index contributed by atoms with van der Waals surface area (Å²) in [7, 11) is 2.60. The van der Waals surface area contributed by atoms with Crippen molar-refractivity contribution in [1.82, 2.24) is 4.98 Å². The highest BCUT2D eigenvalue weighted by atomic mass is 16.5. The van der Waals surface area contributed by atoms with Crippen molar-refractivity contribution in [3.8, 4) is 0 Å². The first kappa shape index (κ1) is 21.7. The number of carbonyl (C=O) groups is 3. The predicted octanol–water partition coefficient (Wildman–Crippen LogP) is 3.87. The maximum absolute atomic E-state index is 12.3. The van der Waals surface area contributed by atoms with E-state index in [1.807, 2.05) is 24.3 Å². The number of para-hydroxylation sites is 1. The average molecular weight is 419 g/mol. The van der Waals surface area contributed by atoms with Crippen molar-refractivity contribution < 1.29 is 28.6 Å². The summed E-state index contributed by atoms with van der Waals surface area (Å²) in [5.41, 5.74) is 3.14. The van der Waals surface area contributed by atoms with Crippen molar-refractivity contribution in [1.29, 1.82) is 0 Å². The van der Waals surface area contributed by atoms with E-state index in [9.17, 15) is 14.4 Å².